The Morgan fingerprint density at radius 1 is 1.50 bits per heavy atom. The van der Waals surface area contributed by atoms with Gasteiger partial charge in [-0.25, -0.2) is 0 Å². The van der Waals surface area contributed by atoms with Crippen LogP contribution in [0.4, 0.5) is 0 Å². The van der Waals surface area contributed by atoms with Gasteiger partial charge in [-0.2, -0.15) is 0 Å². The molecule has 0 heterocycles. The number of nitrogens with zero attached hydrogens (tertiary/aromatic N) is 3. The van der Waals surface area contributed by atoms with Crippen LogP contribution in [0.2, 0.25) is 0 Å². The number of aliphatic hydroxyl groups excluding tert-OH is 1. The summed E-state index contributed by atoms with van der Waals surface area (Å²) >= 11 is 0. The SMILES string of the molecule is COc1ccc(C(CO)N=[N+]=[N-])cc1. The van der Waals surface area contributed by atoms with E-state index in [0.717, 1.165) is 11.3 Å². The second-order valence-corrected chi connectivity index (χ2v) is 2.68. The summed E-state index contributed by atoms with van der Waals surface area (Å²) in [6.07, 6.45) is 0. The van der Waals surface area contributed by atoms with Crippen LogP contribution < -0.4 is 4.74 Å². The number of azide groups is 1. The van der Waals surface area contributed by atoms with Gasteiger partial charge in [0.05, 0.1) is 19.8 Å². The summed E-state index contributed by atoms with van der Waals surface area (Å²) in [4.78, 5) is 2.66. The van der Waals surface area contributed by atoms with E-state index in [4.69, 9.17) is 15.4 Å². The molecular formula is C9H11N3O2. The minimum absolute atomic E-state index is 0.198. The van der Waals surface area contributed by atoms with Crippen molar-refractivity contribution in [3.05, 3.63) is 40.3 Å². The molecule has 0 spiro atoms. The maximum Gasteiger partial charge on any atom is 0.118 e. The Morgan fingerprint density at radius 3 is 2.57 bits per heavy atom. The smallest absolute Gasteiger partial charge is 0.118 e. The molecule has 0 aromatic heterocycles. The molecule has 1 unspecified atom stereocenters. The predicted octanol–water partition coefficient (Wildman–Crippen LogP) is 2.04. The highest BCUT2D eigenvalue weighted by Crippen LogP contribution is 2.20. The first-order valence-electron chi connectivity index (χ1n) is 4.11. The lowest BCUT2D eigenvalue weighted by molar-refractivity contribution is 0.268. The topological polar surface area (TPSA) is 78.2 Å². The minimum Gasteiger partial charge on any atom is -0.497 e. The fourth-order valence-electron chi connectivity index (χ4n) is 1.10. The Balaban J connectivity index is 2.88. The van der Waals surface area contributed by atoms with Crippen molar-refractivity contribution in [2.24, 2.45) is 5.11 Å². The fraction of sp³-hybridized carbons (Fsp3) is 0.333. The van der Waals surface area contributed by atoms with E-state index < -0.39 is 6.04 Å². The Hall–Kier alpha value is -1.71. The van der Waals surface area contributed by atoms with Crippen molar-refractivity contribution in [1.29, 1.82) is 0 Å². The molecule has 0 fully saturated rings. The number of ether oxygens (including phenoxy) is 1. The fourth-order valence-corrected chi connectivity index (χ4v) is 1.10. The number of aliphatic hydroxyl groups is 1. The predicted molar refractivity (Wildman–Crippen MR) is 52.0 cm³/mol. The van der Waals surface area contributed by atoms with Crippen LogP contribution in [0.1, 0.15) is 11.6 Å². The maximum absolute atomic E-state index is 8.94. The monoisotopic (exact) mass is 193 g/mol. The summed E-state index contributed by atoms with van der Waals surface area (Å²) < 4.78 is 4.98. The second-order valence-electron chi connectivity index (χ2n) is 2.68. The van der Waals surface area contributed by atoms with E-state index >= 15 is 0 Å². The van der Waals surface area contributed by atoms with Crippen molar-refractivity contribution in [2.45, 2.75) is 6.04 Å². The molecule has 0 aliphatic carbocycles. The quantitative estimate of drug-likeness (QED) is 0.451. The molecule has 0 saturated carbocycles. The van der Waals surface area contributed by atoms with Crippen LogP contribution in [0.25, 0.3) is 10.4 Å². The lowest BCUT2D eigenvalue weighted by Crippen LogP contribution is -1.99. The largest absolute Gasteiger partial charge is 0.497 e. The van der Waals surface area contributed by atoms with E-state index in [9.17, 15) is 0 Å². The molecule has 14 heavy (non-hydrogen) atoms. The summed E-state index contributed by atoms with van der Waals surface area (Å²) in [5.74, 6) is 0.728. The second kappa shape index (κ2) is 5.11. The zero-order chi connectivity index (χ0) is 10.4. The van der Waals surface area contributed by atoms with Crippen LogP contribution in [0, 0.1) is 0 Å². The van der Waals surface area contributed by atoms with E-state index in [0.29, 0.717) is 0 Å². The van der Waals surface area contributed by atoms with Gasteiger partial charge in [0.2, 0.25) is 0 Å². The van der Waals surface area contributed by atoms with Gasteiger partial charge in [0.15, 0.2) is 0 Å². The normalized spacial score (nSPS) is 11.6. The third-order valence-corrected chi connectivity index (χ3v) is 1.86. The van der Waals surface area contributed by atoms with Crippen molar-refractivity contribution in [1.82, 2.24) is 0 Å². The van der Waals surface area contributed by atoms with Crippen LogP contribution in [-0.4, -0.2) is 18.8 Å². The van der Waals surface area contributed by atoms with E-state index in [-0.39, 0.29) is 6.61 Å². The lowest BCUT2D eigenvalue weighted by Gasteiger charge is -2.08. The Morgan fingerprint density at radius 2 is 2.14 bits per heavy atom. The molecule has 1 rings (SSSR count). The van der Waals surface area contributed by atoms with Crippen LogP contribution >= 0.6 is 0 Å². The number of hydrogen-bond acceptors (Lipinski definition) is 3. The summed E-state index contributed by atoms with van der Waals surface area (Å²) in [5.41, 5.74) is 9.02. The standard InChI is InChI=1S/C9H11N3O2/c1-14-8-4-2-7(3-5-8)9(6-13)11-12-10/h2-5,9,13H,6H2,1H3. The summed E-state index contributed by atoms with van der Waals surface area (Å²) in [7, 11) is 1.58. The zero-order valence-electron chi connectivity index (χ0n) is 7.79. The van der Waals surface area contributed by atoms with Gasteiger partial charge in [-0.3, -0.25) is 0 Å². The minimum atomic E-state index is -0.522. The molecule has 0 aliphatic heterocycles. The van der Waals surface area contributed by atoms with Gasteiger partial charge in [0, 0.05) is 4.91 Å². The Kier molecular flexibility index (Phi) is 3.79. The van der Waals surface area contributed by atoms with Gasteiger partial charge >= 0.3 is 0 Å². The molecule has 0 amide bonds. The highest BCUT2D eigenvalue weighted by atomic mass is 16.5. The third kappa shape index (κ3) is 2.39. The molecule has 74 valence electrons. The first-order valence-corrected chi connectivity index (χ1v) is 4.11. The third-order valence-electron chi connectivity index (χ3n) is 1.86. The van der Waals surface area contributed by atoms with Crippen LogP contribution in [0.3, 0.4) is 0 Å². The molecule has 5 nitrogen and oxygen atoms in total. The number of rotatable bonds is 4. The summed E-state index contributed by atoms with van der Waals surface area (Å²) in [6, 6.07) is 6.50. The highest BCUT2D eigenvalue weighted by molar-refractivity contribution is 5.29. The molecule has 1 aromatic carbocycles. The molecule has 1 atom stereocenters. The summed E-state index contributed by atoms with van der Waals surface area (Å²) in [5, 5.41) is 12.4. The first kappa shape index (κ1) is 10.4. The number of hydrogen-bond donors (Lipinski definition) is 1. The van der Waals surface area contributed by atoms with E-state index in [1.807, 2.05) is 0 Å². The van der Waals surface area contributed by atoms with Crippen LogP contribution in [0.15, 0.2) is 29.4 Å². The van der Waals surface area contributed by atoms with Gasteiger partial charge in [0.1, 0.15) is 5.75 Å². The molecule has 5 heteroatoms. The highest BCUT2D eigenvalue weighted by Gasteiger charge is 2.07. The van der Waals surface area contributed by atoms with E-state index in [1.165, 1.54) is 0 Å². The Labute approximate surface area is 81.6 Å². The van der Waals surface area contributed by atoms with Crippen molar-refractivity contribution in [2.75, 3.05) is 13.7 Å². The molecule has 0 saturated heterocycles. The lowest BCUT2D eigenvalue weighted by atomic mass is 10.1. The maximum atomic E-state index is 8.94. The molecule has 1 N–H and O–H groups in total. The number of methoxy groups -OCH3 is 1. The van der Waals surface area contributed by atoms with Gasteiger partial charge in [0.25, 0.3) is 0 Å². The molecule has 0 radical (unpaired) electrons. The zero-order valence-corrected chi connectivity index (χ0v) is 7.79. The molecular weight excluding hydrogens is 182 g/mol. The molecule has 1 aromatic rings. The van der Waals surface area contributed by atoms with E-state index in [2.05, 4.69) is 10.0 Å². The molecule has 0 aliphatic rings. The van der Waals surface area contributed by atoms with Crippen molar-refractivity contribution >= 4 is 0 Å². The number of benzene rings is 1. The van der Waals surface area contributed by atoms with E-state index in [1.54, 1.807) is 31.4 Å². The summed E-state index contributed by atoms with van der Waals surface area (Å²) in [6.45, 7) is -0.198. The van der Waals surface area contributed by atoms with Crippen molar-refractivity contribution < 1.29 is 9.84 Å². The molecule has 0 bridgehead atoms. The van der Waals surface area contributed by atoms with Gasteiger partial charge < -0.3 is 9.84 Å². The van der Waals surface area contributed by atoms with Crippen molar-refractivity contribution in [3.8, 4) is 5.75 Å². The van der Waals surface area contributed by atoms with Crippen LogP contribution in [-0.2, 0) is 0 Å². The first-order chi connectivity index (χ1) is 6.81. The van der Waals surface area contributed by atoms with Crippen molar-refractivity contribution in [3.63, 3.8) is 0 Å². The Bertz CT molecular complexity index is 330. The van der Waals surface area contributed by atoms with Gasteiger partial charge in [-0.1, -0.05) is 17.2 Å². The average Bonchev–Trinajstić information content (AvgIpc) is 2.26. The van der Waals surface area contributed by atoms with Gasteiger partial charge in [-0.05, 0) is 23.2 Å². The van der Waals surface area contributed by atoms with Gasteiger partial charge in [-0.15, -0.1) is 0 Å². The average molecular weight is 193 g/mol. The van der Waals surface area contributed by atoms with Crippen LogP contribution in [0.5, 0.6) is 5.75 Å².